The molecule has 1 unspecified atom stereocenters. The highest BCUT2D eigenvalue weighted by atomic mass is 32.2. The maximum absolute atomic E-state index is 12.1. The average Bonchev–Trinajstić information content (AvgIpc) is 2.47. The molecule has 0 spiro atoms. The van der Waals surface area contributed by atoms with Crippen LogP contribution in [-0.2, 0) is 6.42 Å². The number of hydrogen-bond donors (Lipinski definition) is 1. The molecule has 2 rings (SSSR count). The van der Waals surface area contributed by atoms with Crippen LogP contribution in [0.1, 0.15) is 31.7 Å². The maximum Gasteiger partial charge on any atom is 0.387 e. The Balaban J connectivity index is 1.71. The van der Waals surface area contributed by atoms with Gasteiger partial charge in [-0.1, -0.05) is 12.1 Å². The number of aryl methyl sites for hydroxylation is 1. The van der Waals surface area contributed by atoms with Gasteiger partial charge in [0.2, 0.25) is 0 Å². The molecule has 0 bridgehead atoms. The smallest absolute Gasteiger partial charge is 0.387 e. The lowest BCUT2D eigenvalue weighted by Gasteiger charge is -2.26. The number of ether oxygens (including phenoxy) is 1. The van der Waals surface area contributed by atoms with Gasteiger partial charge in [-0.15, -0.1) is 0 Å². The number of halogens is 2. The molecule has 1 aliphatic rings. The SMILES string of the molecule is CC(CCc1ccc(OC(F)F)cc1)NC1CCSCC1. The molecule has 2 nitrogen and oxygen atoms in total. The summed E-state index contributed by atoms with van der Waals surface area (Å²) in [6.07, 6.45) is 4.52. The van der Waals surface area contributed by atoms with Gasteiger partial charge in [0.15, 0.2) is 0 Å². The van der Waals surface area contributed by atoms with Crippen molar-refractivity contribution in [2.45, 2.75) is 51.3 Å². The summed E-state index contributed by atoms with van der Waals surface area (Å²) < 4.78 is 28.5. The molecule has 1 saturated heterocycles. The number of benzene rings is 1. The van der Waals surface area contributed by atoms with E-state index in [4.69, 9.17) is 0 Å². The van der Waals surface area contributed by atoms with Crippen LogP contribution in [0.25, 0.3) is 0 Å². The topological polar surface area (TPSA) is 21.3 Å². The molecule has 0 amide bonds. The zero-order valence-electron chi connectivity index (χ0n) is 12.4. The van der Waals surface area contributed by atoms with E-state index in [9.17, 15) is 8.78 Å². The summed E-state index contributed by atoms with van der Waals surface area (Å²) >= 11 is 2.04. The molecular formula is C16H23F2NOS. The molecule has 1 heterocycles. The summed E-state index contributed by atoms with van der Waals surface area (Å²) in [5, 5.41) is 3.69. The van der Waals surface area contributed by atoms with Crippen LogP contribution in [0.3, 0.4) is 0 Å². The Morgan fingerprint density at radius 2 is 1.90 bits per heavy atom. The maximum atomic E-state index is 12.1. The first-order chi connectivity index (χ1) is 10.1. The lowest BCUT2D eigenvalue weighted by atomic mass is 10.0. The van der Waals surface area contributed by atoms with E-state index in [1.807, 2.05) is 23.9 Å². The molecule has 1 atom stereocenters. The summed E-state index contributed by atoms with van der Waals surface area (Å²) in [5.41, 5.74) is 1.16. The number of rotatable bonds is 7. The molecule has 1 aromatic carbocycles. The molecule has 1 fully saturated rings. The highest BCUT2D eigenvalue weighted by Gasteiger charge is 2.15. The number of nitrogens with one attached hydrogen (secondary N) is 1. The van der Waals surface area contributed by atoms with E-state index in [2.05, 4.69) is 17.0 Å². The van der Waals surface area contributed by atoms with Crippen LogP contribution in [0.2, 0.25) is 0 Å². The Kier molecular flexibility index (Phi) is 6.77. The lowest BCUT2D eigenvalue weighted by molar-refractivity contribution is -0.0498. The highest BCUT2D eigenvalue weighted by molar-refractivity contribution is 7.99. The Morgan fingerprint density at radius 1 is 1.24 bits per heavy atom. The van der Waals surface area contributed by atoms with Crippen LogP contribution in [0, 0.1) is 0 Å². The molecule has 1 aromatic rings. The van der Waals surface area contributed by atoms with Crippen LogP contribution in [0.4, 0.5) is 8.78 Å². The lowest BCUT2D eigenvalue weighted by Crippen LogP contribution is -2.39. The van der Waals surface area contributed by atoms with Crippen molar-refractivity contribution in [2.75, 3.05) is 11.5 Å². The van der Waals surface area contributed by atoms with Gasteiger partial charge < -0.3 is 10.1 Å². The van der Waals surface area contributed by atoms with E-state index >= 15 is 0 Å². The van der Waals surface area contributed by atoms with Crippen molar-refractivity contribution in [1.82, 2.24) is 5.32 Å². The first kappa shape index (κ1) is 16.6. The number of alkyl halides is 2. The van der Waals surface area contributed by atoms with Gasteiger partial charge in [0.25, 0.3) is 0 Å². The van der Waals surface area contributed by atoms with Gasteiger partial charge in [0.1, 0.15) is 5.75 Å². The second-order valence-corrected chi connectivity index (χ2v) is 6.74. The van der Waals surface area contributed by atoms with Gasteiger partial charge >= 0.3 is 6.61 Å². The Bertz CT molecular complexity index is 407. The molecule has 0 radical (unpaired) electrons. The van der Waals surface area contributed by atoms with Gasteiger partial charge in [-0.3, -0.25) is 0 Å². The van der Waals surface area contributed by atoms with Crippen molar-refractivity contribution in [3.63, 3.8) is 0 Å². The van der Waals surface area contributed by atoms with E-state index in [0.717, 1.165) is 18.4 Å². The highest BCUT2D eigenvalue weighted by Crippen LogP contribution is 2.19. The minimum absolute atomic E-state index is 0.222. The fourth-order valence-electron chi connectivity index (χ4n) is 2.57. The zero-order chi connectivity index (χ0) is 15.1. The van der Waals surface area contributed by atoms with Gasteiger partial charge in [-0.2, -0.15) is 20.5 Å². The second-order valence-electron chi connectivity index (χ2n) is 5.52. The van der Waals surface area contributed by atoms with Crippen LogP contribution in [-0.4, -0.2) is 30.2 Å². The summed E-state index contributed by atoms with van der Waals surface area (Å²) in [7, 11) is 0. The van der Waals surface area contributed by atoms with E-state index in [-0.39, 0.29) is 5.75 Å². The molecule has 1 N–H and O–H groups in total. The number of thioether (sulfide) groups is 1. The van der Waals surface area contributed by atoms with E-state index in [0.29, 0.717) is 12.1 Å². The Morgan fingerprint density at radius 3 is 2.52 bits per heavy atom. The van der Waals surface area contributed by atoms with E-state index in [1.165, 1.54) is 24.3 Å². The fraction of sp³-hybridized carbons (Fsp3) is 0.625. The minimum Gasteiger partial charge on any atom is -0.435 e. The van der Waals surface area contributed by atoms with Crippen molar-refractivity contribution in [2.24, 2.45) is 0 Å². The van der Waals surface area contributed by atoms with E-state index in [1.54, 1.807) is 12.1 Å². The van der Waals surface area contributed by atoms with Crippen molar-refractivity contribution in [3.05, 3.63) is 29.8 Å². The van der Waals surface area contributed by atoms with Gasteiger partial charge in [-0.05, 0) is 61.8 Å². The molecule has 0 saturated carbocycles. The predicted octanol–water partition coefficient (Wildman–Crippen LogP) is 4.09. The molecule has 118 valence electrons. The molecule has 0 aliphatic carbocycles. The summed E-state index contributed by atoms with van der Waals surface area (Å²) in [4.78, 5) is 0. The van der Waals surface area contributed by atoms with Crippen LogP contribution in [0.5, 0.6) is 5.75 Å². The normalized spacial score (nSPS) is 17.9. The van der Waals surface area contributed by atoms with Crippen molar-refractivity contribution < 1.29 is 13.5 Å². The number of hydrogen-bond acceptors (Lipinski definition) is 3. The van der Waals surface area contributed by atoms with Crippen LogP contribution >= 0.6 is 11.8 Å². The minimum atomic E-state index is -2.76. The van der Waals surface area contributed by atoms with Gasteiger partial charge in [0.05, 0.1) is 0 Å². The molecule has 5 heteroatoms. The van der Waals surface area contributed by atoms with Crippen LogP contribution in [0.15, 0.2) is 24.3 Å². The fourth-order valence-corrected chi connectivity index (χ4v) is 3.68. The third-order valence-electron chi connectivity index (χ3n) is 3.76. The standard InChI is InChI=1S/C16H23F2NOS/c1-12(19-14-8-10-21-11-9-14)2-3-13-4-6-15(7-5-13)20-16(17)18/h4-7,12,14,16,19H,2-3,8-11H2,1H3. The summed E-state index contributed by atoms with van der Waals surface area (Å²) in [6.45, 7) is -0.538. The molecular weight excluding hydrogens is 292 g/mol. The second kappa shape index (κ2) is 8.59. The van der Waals surface area contributed by atoms with Crippen molar-refractivity contribution in [3.8, 4) is 5.75 Å². The van der Waals surface area contributed by atoms with Crippen LogP contribution < -0.4 is 10.1 Å². The zero-order valence-corrected chi connectivity index (χ0v) is 13.2. The molecule has 0 aromatic heterocycles. The van der Waals surface area contributed by atoms with Gasteiger partial charge in [0, 0.05) is 12.1 Å². The average molecular weight is 315 g/mol. The predicted molar refractivity (Wildman–Crippen MR) is 84.3 cm³/mol. The molecule has 21 heavy (non-hydrogen) atoms. The molecule has 1 aliphatic heterocycles. The van der Waals surface area contributed by atoms with Crippen molar-refractivity contribution in [1.29, 1.82) is 0 Å². The Hall–Kier alpha value is -0.810. The van der Waals surface area contributed by atoms with Gasteiger partial charge in [-0.25, -0.2) is 0 Å². The quantitative estimate of drug-likeness (QED) is 0.819. The first-order valence-electron chi connectivity index (χ1n) is 7.51. The third-order valence-corrected chi connectivity index (χ3v) is 4.80. The largest absolute Gasteiger partial charge is 0.435 e. The third kappa shape index (κ3) is 6.22. The van der Waals surface area contributed by atoms with E-state index < -0.39 is 6.61 Å². The monoisotopic (exact) mass is 315 g/mol. The first-order valence-corrected chi connectivity index (χ1v) is 8.66. The van der Waals surface area contributed by atoms with Crippen molar-refractivity contribution >= 4 is 11.8 Å². The summed E-state index contributed by atoms with van der Waals surface area (Å²) in [6, 6.07) is 8.08. The Labute approximate surface area is 129 Å². The summed E-state index contributed by atoms with van der Waals surface area (Å²) in [5.74, 6) is 2.74.